The Bertz CT molecular complexity index is 535. The van der Waals surface area contributed by atoms with Gasteiger partial charge in [-0.3, -0.25) is 4.79 Å². The minimum absolute atomic E-state index is 0.127. The van der Waals surface area contributed by atoms with Gasteiger partial charge in [0.15, 0.2) is 5.25 Å². The molecule has 0 saturated carbocycles. The number of benzene rings is 1. The minimum atomic E-state index is -1.14. The fourth-order valence-electron chi connectivity index (χ4n) is 2.27. The van der Waals surface area contributed by atoms with Crippen LogP contribution in [-0.2, 0) is 27.1 Å². The van der Waals surface area contributed by atoms with E-state index < -0.39 is 34.0 Å². The molecule has 0 bridgehead atoms. The van der Waals surface area contributed by atoms with E-state index in [1.807, 2.05) is 0 Å². The van der Waals surface area contributed by atoms with Gasteiger partial charge in [-0.15, -0.1) is 0 Å². The van der Waals surface area contributed by atoms with E-state index in [0.29, 0.717) is 12.2 Å². The van der Waals surface area contributed by atoms with Crippen LogP contribution in [0.4, 0.5) is 4.39 Å². The summed E-state index contributed by atoms with van der Waals surface area (Å²) in [7, 11) is 0. The lowest BCUT2D eigenvalue weighted by Crippen LogP contribution is -2.51. The van der Waals surface area contributed by atoms with E-state index >= 15 is 0 Å². The first-order valence-corrected chi connectivity index (χ1v) is 8.45. The number of carbonyl (C=O) groups excluding carboxylic acids is 2. The highest BCUT2D eigenvalue weighted by Crippen LogP contribution is 2.22. The van der Waals surface area contributed by atoms with Crippen LogP contribution >= 0.6 is 11.6 Å². The third-order valence-corrected chi connectivity index (χ3v) is 6.02. The van der Waals surface area contributed by atoms with Crippen molar-refractivity contribution in [1.82, 2.24) is 4.72 Å². The zero-order chi connectivity index (χ0) is 15.4. The van der Waals surface area contributed by atoms with Crippen LogP contribution in [-0.4, -0.2) is 22.9 Å². The van der Waals surface area contributed by atoms with E-state index in [9.17, 15) is 19.1 Å². The summed E-state index contributed by atoms with van der Waals surface area (Å²) in [6.45, 7) is 0. The molecule has 0 radical (unpaired) electrons. The zero-order valence-electron chi connectivity index (χ0n) is 11.2. The lowest BCUT2D eigenvalue weighted by molar-refractivity contribution is -0.305. The number of nitrogens with one attached hydrogen (secondary N) is 1. The van der Waals surface area contributed by atoms with Gasteiger partial charge in [-0.25, -0.2) is 4.39 Å². The summed E-state index contributed by atoms with van der Waals surface area (Å²) in [6.07, 6.45) is 1.99. The fourth-order valence-corrected chi connectivity index (χ4v) is 4.59. The highest BCUT2D eigenvalue weighted by molar-refractivity contribution is 7.96. The maximum absolute atomic E-state index is 13.6. The third-order valence-electron chi connectivity index (χ3n) is 3.33. The van der Waals surface area contributed by atoms with Crippen LogP contribution < -0.4 is 9.83 Å². The maximum Gasteiger partial charge on any atom is 0.265 e. The molecule has 1 amide bonds. The molecular weight excluding hydrogens is 317 g/mol. The first kappa shape index (κ1) is 16.1. The van der Waals surface area contributed by atoms with Crippen molar-refractivity contribution in [3.63, 3.8) is 0 Å². The Balaban J connectivity index is 2.02. The van der Waals surface area contributed by atoms with Crippen LogP contribution in [0, 0.1) is 5.82 Å². The summed E-state index contributed by atoms with van der Waals surface area (Å²) in [5.74, 6) is -1.48. The molecule has 2 unspecified atom stereocenters. The second kappa shape index (κ2) is 7.13. The van der Waals surface area contributed by atoms with Crippen molar-refractivity contribution in [3.05, 3.63) is 34.6 Å². The van der Waals surface area contributed by atoms with Gasteiger partial charge in [0.2, 0.25) is 0 Å². The second-order valence-electron chi connectivity index (χ2n) is 4.84. The van der Waals surface area contributed by atoms with Crippen molar-refractivity contribution in [1.29, 1.82) is 0 Å². The lowest BCUT2D eigenvalue weighted by Gasteiger charge is -2.23. The van der Waals surface area contributed by atoms with Crippen molar-refractivity contribution in [2.45, 2.75) is 30.9 Å². The van der Waals surface area contributed by atoms with Gasteiger partial charge in [-0.2, -0.15) is 4.72 Å². The van der Waals surface area contributed by atoms with Crippen LogP contribution in [0.5, 0.6) is 0 Å². The quantitative estimate of drug-likeness (QED) is 0.836. The van der Waals surface area contributed by atoms with Gasteiger partial charge >= 0.3 is 0 Å². The van der Waals surface area contributed by atoms with Crippen molar-refractivity contribution in [2.24, 2.45) is 0 Å². The molecule has 4 nitrogen and oxygen atoms in total. The van der Waals surface area contributed by atoms with E-state index in [-0.39, 0.29) is 17.0 Å². The van der Waals surface area contributed by atoms with Crippen molar-refractivity contribution < 1.29 is 19.1 Å². The Morgan fingerprint density at radius 2 is 2.19 bits per heavy atom. The number of carbonyl (C=O) groups is 2. The van der Waals surface area contributed by atoms with E-state index in [1.165, 1.54) is 18.2 Å². The van der Waals surface area contributed by atoms with Gasteiger partial charge in [0.05, 0.1) is 12.4 Å². The van der Waals surface area contributed by atoms with Crippen LogP contribution in [0.25, 0.3) is 0 Å². The van der Waals surface area contributed by atoms with E-state index in [4.69, 9.17) is 11.6 Å². The SMILES string of the molecule is O=C(Cc1c(F)cccc1Cl)N[S+]1CCCCC1C(=O)[O-]. The molecular formula is C14H15ClFNO3S. The standard InChI is InChI=1S/C14H15ClFNO3S/c15-10-4-3-5-11(16)9(10)8-13(18)17-21-7-2-1-6-12(21)14(19)20/h3-5,12H,1-2,6-8H2,(H-,17,18,19,20). The van der Waals surface area contributed by atoms with E-state index in [0.717, 1.165) is 12.8 Å². The Kier molecular flexibility index (Phi) is 5.47. The Morgan fingerprint density at radius 3 is 2.86 bits per heavy atom. The first-order chi connectivity index (χ1) is 9.99. The largest absolute Gasteiger partial charge is 0.545 e. The predicted molar refractivity (Wildman–Crippen MR) is 78.1 cm³/mol. The van der Waals surface area contributed by atoms with Gasteiger partial charge in [0.25, 0.3) is 5.91 Å². The molecule has 1 N–H and O–H groups in total. The Hall–Kier alpha value is -1.27. The third kappa shape index (κ3) is 4.11. The van der Waals surface area contributed by atoms with Gasteiger partial charge in [-0.05, 0) is 25.0 Å². The van der Waals surface area contributed by atoms with Gasteiger partial charge < -0.3 is 9.90 Å². The predicted octanol–water partition coefficient (Wildman–Crippen LogP) is 0.973. The summed E-state index contributed by atoms with van der Waals surface area (Å²) >= 11 is 5.12. The van der Waals surface area contributed by atoms with Crippen LogP contribution in [0.2, 0.25) is 5.02 Å². The number of hydrogen-bond acceptors (Lipinski definition) is 3. The summed E-state index contributed by atoms with van der Waals surface area (Å²) < 4.78 is 16.3. The first-order valence-electron chi connectivity index (χ1n) is 6.62. The van der Waals surface area contributed by atoms with Gasteiger partial charge in [0.1, 0.15) is 22.7 Å². The number of rotatable bonds is 4. The molecule has 0 aromatic heterocycles. The monoisotopic (exact) mass is 331 g/mol. The smallest absolute Gasteiger partial charge is 0.265 e. The van der Waals surface area contributed by atoms with Crippen LogP contribution in [0.3, 0.4) is 0 Å². The zero-order valence-corrected chi connectivity index (χ0v) is 12.8. The number of hydrogen-bond donors (Lipinski definition) is 1. The maximum atomic E-state index is 13.6. The number of carboxylic acids is 1. The molecule has 1 heterocycles. The highest BCUT2D eigenvalue weighted by Gasteiger charge is 2.37. The minimum Gasteiger partial charge on any atom is -0.545 e. The molecule has 0 spiro atoms. The normalized spacial score (nSPS) is 21.8. The Morgan fingerprint density at radius 1 is 1.43 bits per heavy atom. The highest BCUT2D eigenvalue weighted by atomic mass is 35.5. The van der Waals surface area contributed by atoms with E-state index in [2.05, 4.69) is 4.72 Å². The number of halogens is 2. The molecule has 1 aromatic rings. The molecule has 1 fully saturated rings. The van der Waals surface area contributed by atoms with Crippen molar-refractivity contribution in [3.8, 4) is 0 Å². The van der Waals surface area contributed by atoms with Crippen molar-refractivity contribution in [2.75, 3.05) is 5.75 Å². The van der Waals surface area contributed by atoms with Gasteiger partial charge in [-0.1, -0.05) is 17.7 Å². The molecule has 2 rings (SSSR count). The molecule has 114 valence electrons. The summed E-state index contributed by atoms with van der Waals surface area (Å²) in [4.78, 5) is 23.1. The van der Waals surface area contributed by atoms with Crippen molar-refractivity contribution >= 4 is 34.6 Å². The summed E-state index contributed by atoms with van der Waals surface area (Å²) in [5, 5.41) is 10.6. The molecule has 7 heteroatoms. The Labute approximate surface area is 130 Å². The van der Waals surface area contributed by atoms with Crippen LogP contribution in [0.15, 0.2) is 18.2 Å². The average molecular weight is 332 g/mol. The molecule has 1 aromatic carbocycles. The number of amides is 1. The molecule has 1 aliphatic rings. The average Bonchev–Trinajstić information content (AvgIpc) is 2.43. The lowest BCUT2D eigenvalue weighted by atomic mass is 10.1. The fraction of sp³-hybridized carbons (Fsp3) is 0.429. The summed E-state index contributed by atoms with van der Waals surface area (Å²) in [6, 6.07) is 4.22. The number of carboxylic acid groups (broad SMARTS) is 1. The number of aliphatic carboxylic acids is 1. The molecule has 2 atom stereocenters. The molecule has 1 saturated heterocycles. The topological polar surface area (TPSA) is 69.2 Å². The second-order valence-corrected chi connectivity index (χ2v) is 7.28. The van der Waals surface area contributed by atoms with Gasteiger partial charge in [0, 0.05) is 17.0 Å². The summed E-state index contributed by atoms with van der Waals surface area (Å²) in [5.41, 5.74) is 0.127. The molecule has 0 aliphatic carbocycles. The molecule has 1 aliphatic heterocycles. The van der Waals surface area contributed by atoms with Crippen LogP contribution in [0.1, 0.15) is 24.8 Å². The molecule has 21 heavy (non-hydrogen) atoms. The van der Waals surface area contributed by atoms with E-state index in [1.54, 1.807) is 0 Å².